The third-order valence-corrected chi connectivity index (χ3v) is 8.65. The Morgan fingerprint density at radius 2 is 1.11 bits per heavy atom. The lowest BCUT2D eigenvalue weighted by atomic mass is 9.65. The maximum absolute atomic E-state index is 13.9. The van der Waals surface area contributed by atoms with Crippen LogP contribution in [0.15, 0.2) is 18.2 Å². The van der Waals surface area contributed by atoms with Crippen molar-refractivity contribution in [2.24, 2.45) is 29.6 Å². The zero-order valence-corrected chi connectivity index (χ0v) is 17.6. The van der Waals surface area contributed by atoms with E-state index in [9.17, 15) is 4.39 Å². The Kier molecular flexibility index (Phi) is 6.25. The summed E-state index contributed by atoms with van der Waals surface area (Å²) in [6.45, 7) is 4.30. The van der Waals surface area contributed by atoms with Crippen molar-refractivity contribution in [1.29, 1.82) is 0 Å². The maximum Gasteiger partial charge on any atom is 0.126 e. The second-order valence-corrected chi connectivity index (χ2v) is 10.3. The van der Waals surface area contributed by atoms with Crippen molar-refractivity contribution in [3.05, 3.63) is 35.1 Å². The van der Waals surface area contributed by atoms with Gasteiger partial charge in [0.2, 0.25) is 0 Å². The number of hydrogen-bond donors (Lipinski definition) is 0. The van der Waals surface area contributed by atoms with Crippen LogP contribution in [0.1, 0.15) is 101 Å². The lowest BCUT2D eigenvalue weighted by Crippen LogP contribution is -2.29. The van der Waals surface area contributed by atoms with Gasteiger partial charge in [0.15, 0.2) is 0 Å². The van der Waals surface area contributed by atoms with Crippen LogP contribution in [0.4, 0.5) is 4.39 Å². The zero-order chi connectivity index (χ0) is 18.8. The molecule has 0 aromatic heterocycles. The average Bonchev–Trinajstić information content (AvgIpc) is 2.71. The van der Waals surface area contributed by atoms with Gasteiger partial charge >= 0.3 is 0 Å². The summed E-state index contributed by atoms with van der Waals surface area (Å²) in [6.07, 6.45) is 17.3. The summed E-state index contributed by atoms with van der Waals surface area (Å²) in [5, 5.41) is 0. The number of halogens is 1. The van der Waals surface area contributed by atoms with Crippen molar-refractivity contribution in [3.8, 4) is 0 Å². The summed E-state index contributed by atoms with van der Waals surface area (Å²) in [7, 11) is 0. The van der Waals surface area contributed by atoms with Gasteiger partial charge in [-0.25, -0.2) is 4.39 Å². The number of aryl methyl sites for hydroxylation is 1. The summed E-state index contributed by atoms with van der Waals surface area (Å²) < 4.78 is 13.9. The van der Waals surface area contributed by atoms with Gasteiger partial charge in [0.25, 0.3) is 0 Å². The van der Waals surface area contributed by atoms with Crippen molar-refractivity contribution in [3.63, 3.8) is 0 Å². The van der Waals surface area contributed by atoms with Gasteiger partial charge in [-0.05, 0) is 124 Å². The molecule has 0 bridgehead atoms. The van der Waals surface area contributed by atoms with Crippen LogP contribution >= 0.6 is 0 Å². The van der Waals surface area contributed by atoms with Gasteiger partial charge in [0, 0.05) is 0 Å². The van der Waals surface area contributed by atoms with Crippen molar-refractivity contribution in [1.82, 2.24) is 0 Å². The van der Waals surface area contributed by atoms with Crippen LogP contribution in [0.3, 0.4) is 0 Å². The van der Waals surface area contributed by atoms with Crippen LogP contribution in [0.5, 0.6) is 0 Å². The summed E-state index contributed by atoms with van der Waals surface area (Å²) in [4.78, 5) is 0. The number of hydrogen-bond acceptors (Lipinski definition) is 0. The van der Waals surface area contributed by atoms with E-state index in [1.807, 2.05) is 13.0 Å². The average molecular weight is 371 g/mol. The lowest BCUT2D eigenvalue weighted by Gasteiger charge is -2.41. The molecule has 0 aliphatic heterocycles. The fraction of sp³-hybridized carbons (Fsp3) is 0.769. The normalized spacial score (nSPS) is 37.9. The van der Waals surface area contributed by atoms with E-state index in [4.69, 9.17) is 0 Å². The SMILES string of the molecule is Cc1ccc(C2CCC(C3CCC(C4CCC(C)CC4)CC3)CC2)cc1F. The number of rotatable bonds is 3. The number of benzene rings is 1. The van der Waals surface area contributed by atoms with E-state index in [1.165, 1.54) is 82.6 Å². The second kappa shape index (κ2) is 8.66. The monoisotopic (exact) mass is 370 g/mol. The van der Waals surface area contributed by atoms with E-state index in [0.717, 1.165) is 35.2 Å². The molecule has 1 aromatic carbocycles. The first-order valence-corrected chi connectivity index (χ1v) is 11.9. The van der Waals surface area contributed by atoms with E-state index in [0.29, 0.717) is 5.92 Å². The van der Waals surface area contributed by atoms with Crippen LogP contribution in [0.2, 0.25) is 0 Å². The van der Waals surface area contributed by atoms with Gasteiger partial charge in [-0.1, -0.05) is 31.9 Å². The van der Waals surface area contributed by atoms with Crippen molar-refractivity contribution >= 4 is 0 Å². The highest BCUT2D eigenvalue weighted by molar-refractivity contribution is 5.26. The Morgan fingerprint density at radius 1 is 0.667 bits per heavy atom. The van der Waals surface area contributed by atoms with E-state index >= 15 is 0 Å². The van der Waals surface area contributed by atoms with Gasteiger partial charge in [-0.15, -0.1) is 0 Å². The van der Waals surface area contributed by atoms with E-state index in [1.54, 1.807) is 6.07 Å². The Bertz CT molecular complexity index is 597. The van der Waals surface area contributed by atoms with Crippen LogP contribution < -0.4 is 0 Å². The highest BCUT2D eigenvalue weighted by Crippen LogP contribution is 2.47. The highest BCUT2D eigenvalue weighted by atomic mass is 19.1. The third kappa shape index (κ3) is 4.60. The molecule has 150 valence electrons. The molecule has 0 amide bonds. The largest absolute Gasteiger partial charge is 0.207 e. The molecule has 0 saturated heterocycles. The quantitative estimate of drug-likeness (QED) is 0.505. The van der Waals surface area contributed by atoms with Gasteiger partial charge in [-0.3, -0.25) is 0 Å². The standard InChI is InChI=1S/C26H39F/c1-18-3-6-20(7-4-18)21-9-11-22(12-10-21)23-13-15-24(16-14-23)25-8-5-19(2)26(27)17-25/h5,8,17-18,20-24H,3-4,6-7,9-16H2,1-2H3. The highest BCUT2D eigenvalue weighted by Gasteiger charge is 2.34. The minimum Gasteiger partial charge on any atom is -0.207 e. The van der Waals surface area contributed by atoms with Crippen LogP contribution in [0.25, 0.3) is 0 Å². The summed E-state index contributed by atoms with van der Waals surface area (Å²) in [5.74, 6) is 5.58. The first-order valence-electron chi connectivity index (χ1n) is 11.9. The molecule has 0 N–H and O–H groups in total. The van der Waals surface area contributed by atoms with Crippen LogP contribution in [-0.4, -0.2) is 0 Å². The molecule has 0 radical (unpaired) electrons. The molecular weight excluding hydrogens is 331 g/mol. The Morgan fingerprint density at radius 3 is 1.59 bits per heavy atom. The van der Waals surface area contributed by atoms with Gasteiger partial charge in [0.1, 0.15) is 5.82 Å². The van der Waals surface area contributed by atoms with Crippen molar-refractivity contribution in [2.45, 2.75) is 96.8 Å². The zero-order valence-electron chi connectivity index (χ0n) is 17.6. The van der Waals surface area contributed by atoms with E-state index in [2.05, 4.69) is 13.0 Å². The Balaban J connectivity index is 1.24. The lowest BCUT2D eigenvalue weighted by molar-refractivity contribution is 0.112. The topological polar surface area (TPSA) is 0 Å². The van der Waals surface area contributed by atoms with E-state index in [-0.39, 0.29) is 5.82 Å². The maximum atomic E-state index is 13.9. The smallest absolute Gasteiger partial charge is 0.126 e. The van der Waals surface area contributed by atoms with Gasteiger partial charge < -0.3 is 0 Å². The molecule has 27 heavy (non-hydrogen) atoms. The molecule has 3 fully saturated rings. The fourth-order valence-corrected chi connectivity index (χ4v) is 6.63. The summed E-state index contributed by atoms with van der Waals surface area (Å²) in [6, 6.07) is 5.93. The predicted molar refractivity (Wildman–Crippen MR) is 112 cm³/mol. The predicted octanol–water partition coefficient (Wildman–Crippen LogP) is 8.04. The molecule has 3 aliphatic carbocycles. The molecule has 0 nitrogen and oxygen atoms in total. The minimum atomic E-state index is -0.0231. The van der Waals surface area contributed by atoms with Crippen molar-refractivity contribution in [2.75, 3.05) is 0 Å². The molecule has 0 unspecified atom stereocenters. The first-order chi connectivity index (χ1) is 13.1. The Hall–Kier alpha value is -0.850. The van der Waals surface area contributed by atoms with Gasteiger partial charge in [-0.2, -0.15) is 0 Å². The molecule has 0 atom stereocenters. The minimum absolute atomic E-state index is 0.0231. The Labute approximate surface area is 166 Å². The molecule has 4 rings (SSSR count). The van der Waals surface area contributed by atoms with E-state index < -0.39 is 0 Å². The first kappa shape index (κ1) is 19.5. The third-order valence-electron chi connectivity index (χ3n) is 8.65. The molecule has 1 aromatic rings. The molecule has 3 saturated carbocycles. The van der Waals surface area contributed by atoms with Crippen LogP contribution in [-0.2, 0) is 0 Å². The van der Waals surface area contributed by atoms with Crippen molar-refractivity contribution < 1.29 is 4.39 Å². The summed E-state index contributed by atoms with van der Waals surface area (Å²) >= 11 is 0. The molecule has 1 heteroatoms. The molecular formula is C26H39F. The molecule has 0 spiro atoms. The van der Waals surface area contributed by atoms with Gasteiger partial charge in [0.05, 0.1) is 0 Å². The fourth-order valence-electron chi connectivity index (χ4n) is 6.63. The van der Waals surface area contributed by atoms with Crippen LogP contribution in [0, 0.1) is 42.3 Å². The summed E-state index contributed by atoms with van der Waals surface area (Å²) in [5.41, 5.74) is 2.02. The second-order valence-electron chi connectivity index (χ2n) is 10.3. The molecule has 3 aliphatic rings. The molecule has 0 heterocycles.